The van der Waals surface area contributed by atoms with Crippen LogP contribution in [-0.2, 0) is 19.1 Å². The Labute approximate surface area is 205 Å². The fourth-order valence-electron chi connectivity index (χ4n) is 5.00. The molecule has 2 atom stereocenters. The van der Waals surface area contributed by atoms with Gasteiger partial charge in [0.2, 0.25) is 5.91 Å². The number of rotatable bonds is 5. The van der Waals surface area contributed by atoms with Gasteiger partial charge in [0.1, 0.15) is 29.8 Å². The highest BCUT2D eigenvalue weighted by molar-refractivity contribution is 5.90. The van der Waals surface area contributed by atoms with Crippen LogP contribution in [0.5, 0.6) is 0 Å². The number of hydrogen-bond donors (Lipinski definition) is 0. The van der Waals surface area contributed by atoms with Gasteiger partial charge in [0, 0.05) is 12.6 Å². The number of nitrogens with zero attached hydrogens (tertiary/aromatic N) is 2. The second-order valence-corrected chi connectivity index (χ2v) is 10.5. The summed E-state index contributed by atoms with van der Waals surface area (Å²) in [5.41, 5.74) is -0.641. The Morgan fingerprint density at radius 2 is 1.63 bits per heavy atom. The van der Waals surface area contributed by atoms with Crippen LogP contribution in [0.15, 0.2) is 18.2 Å². The second-order valence-electron chi connectivity index (χ2n) is 10.5. The molecule has 1 aliphatic heterocycles. The third-order valence-electron chi connectivity index (χ3n) is 6.65. The van der Waals surface area contributed by atoms with E-state index >= 15 is 0 Å². The molecule has 1 heterocycles. The number of piperazine rings is 1. The van der Waals surface area contributed by atoms with Crippen molar-refractivity contribution >= 4 is 18.0 Å². The molecule has 1 aromatic carbocycles. The molecule has 1 saturated heterocycles. The molecule has 194 valence electrons. The van der Waals surface area contributed by atoms with E-state index in [9.17, 15) is 23.2 Å². The molecule has 7 nitrogen and oxygen atoms in total. The van der Waals surface area contributed by atoms with E-state index in [-0.39, 0.29) is 24.6 Å². The van der Waals surface area contributed by atoms with Crippen molar-refractivity contribution in [3.63, 3.8) is 0 Å². The zero-order valence-electron chi connectivity index (χ0n) is 21.0. The molecule has 3 rings (SSSR count). The van der Waals surface area contributed by atoms with Crippen LogP contribution >= 0.6 is 0 Å². The van der Waals surface area contributed by atoms with Crippen molar-refractivity contribution < 1.29 is 32.6 Å². The number of esters is 1. The third-order valence-corrected chi connectivity index (χ3v) is 6.65. The first-order valence-corrected chi connectivity index (χ1v) is 12.3. The molecule has 0 spiro atoms. The van der Waals surface area contributed by atoms with Gasteiger partial charge in [0.05, 0.1) is 13.2 Å². The summed E-state index contributed by atoms with van der Waals surface area (Å²) in [6, 6.07) is 1.19. The smallest absolute Gasteiger partial charge is 0.411 e. The first kappa shape index (κ1) is 26.9. The van der Waals surface area contributed by atoms with Gasteiger partial charge < -0.3 is 14.4 Å². The lowest BCUT2D eigenvalue weighted by Crippen LogP contribution is -2.61. The van der Waals surface area contributed by atoms with E-state index < -0.39 is 47.3 Å². The van der Waals surface area contributed by atoms with Gasteiger partial charge in [-0.25, -0.2) is 13.6 Å². The Kier molecular flexibility index (Phi) is 8.72. The summed E-state index contributed by atoms with van der Waals surface area (Å²) in [5.74, 6) is -2.48. The van der Waals surface area contributed by atoms with Crippen LogP contribution in [0.4, 0.5) is 13.6 Å². The molecular weight excluding hydrogens is 458 g/mol. The maximum absolute atomic E-state index is 14.1. The molecule has 2 aliphatic rings. The average molecular weight is 495 g/mol. The Hall–Kier alpha value is -2.71. The predicted molar refractivity (Wildman–Crippen MR) is 125 cm³/mol. The van der Waals surface area contributed by atoms with Crippen molar-refractivity contribution in [1.82, 2.24) is 9.80 Å². The molecule has 9 heteroatoms. The number of amides is 2. The van der Waals surface area contributed by atoms with Gasteiger partial charge >= 0.3 is 12.1 Å². The lowest BCUT2D eigenvalue weighted by molar-refractivity contribution is -0.156. The molecule has 1 saturated carbocycles. The summed E-state index contributed by atoms with van der Waals surface area (Å²) in [7, 11) is 1.21. The standard InChI is InChI=1S/C26H36F2N2O5/c1-26(2,3)35-25(33)30-15-22(18-12-19(27)14-20(28)13-18)29(16-23(31)34-4)24(32)21(30)11-17-9-7-5-6-8-10-17/h12-14,17,21-22H,5-11,15-16H2,1-4H3. The fourth-order valence-corrected chi connectivity index (χ4v) is 5.00. The highest BCUT2D eigenvalue weighted by Gasteiger charge is 2.46. The van der Waals surface area contributed by atoms with Crippen LogP contribution in [0.2, 0.25) is 0 Å². The summed E-state index contributed by atoms with van der Waals surface area (Å²) in [6.45, 7) is 4.76. The monoisotopic (exact) mass is 494 g/mol. The third kappa shape index (κ3) is 7.15. The highest BCUT2D eigenvalue weighted by atomic mass is 19.1. The number of halogens is 2. The van der Waals surface area contributed by atoms with Crippen molar-refractivity contribution in [2.45, 2.75) is 83.4 Å². The predicted octanol–water partition coefficient (Wildman–Crippen LogP) is 4.99. The number of hydrogen-bond acceptors (Lipinski definition) is 5. The summed E-state index contributed by atoms with van der Waals surface area (Å²) in [5, 5.41) is 0. The Morgan fingerprint density at radius 3 is 2.17 bits per heavy atom. The van der Waals surface area contributed by atoms with E-state index in [0.29, 0.717) is 6.42 Å². The molecule has 2 fully saturated rings. The zero-order valence-corrected chi connectivity index (χ0v) is 21.0. The molecule has 0 radical (unpaired) electrons. The molecule has 2 amide bonds. The van der Waals surface area contributed by atoms with E-state index in [0.717, 1.165) is 56.7 Å². The Balaban J connectivity index is 2.00. The van der Waals surface area contributed by atoms with Gasteiger partial charge in [0.15, 0.2) is 0 Å². The van der Waals surface area contributed by atoms with E-state index in [4.69, 9.17) is 9.47 Å². The summed E-state index contributed by atoms with van der Waals surface area (Å²) in [4.78, 5) is 42.0. The number of carbonyl (C=O) groups is 3. The molecule has 1 aromatic rings. The molecule has 0 aromatic heterocycles. The lowest BCUT2D eigenvalue weighted by Gasteiger charge is -2.46. The lowest BCUT2D eigenvalue weighted by atomic mass is 9.88. The van der Waals surface area contributed by atoms with Gasteiger partial charge in [-0.15, -0.1) is 0 Å². The van der Waals surface area contributed by atoms with Crippen LogP contribution in [0.3, 0.4) is 0 Å². The van der Waals surface area contributed by atoms with Crippen LogP contribution in [0, 0.1) is 17.6 Å². The molecule has 35 heavy (non-hydrogen) atoms. The quantitative estimate of drug-likeness (QED) is 0.426. The molecule has 0 N–H and O–H groups in total. The van der Waals surface area contributed by atoms with Crippen molar-refractivity contribution in [1.29, 1.82) is 0 Å². The number of benzene rings is 1. The zero-order chi connectivity index (χ0) is 25.8. The Bertz CT molecular complexity index is 905. The van der Waals surface area contributed by atoms with Crippen molar-refractivity contribution in [2.24, 2.45) is 5.92 Å². The number of ether oxygens (including phenoxy) is 2. The fraction of sp³-hybridized carbons (Fsp3) is 0.654. The first-order valence-electron chi connectivity index (χ1n) is 12.3. The minimum Gasteiger partial charge on any atom is -0.468 e. The van der Waals surface area contributed by atoms with Crippen molar-refractivity contribution in [2.75, 3.05) is 20.2 Å². The first-order chi connectivity index (χ1) is 16.5. The summed E-state index contributed by atoms with van der Waals surface area (Å²) >= 11 is 0. The van der Waals surface area contributed by atoms with Gasteiger partial charge in [-0.2, -0.15) is 0 Å². The second kappa shape index (κ2) is 11.4. The largest absolute Gasteiger partial charge is 0.468 e. The van der Waals surface area contributed by atoms with E-state index in [1.807, 2.05) is 0 Å². The number of carbonyl (C=O) groups excluding carboxylic acids is 3. The minimum atomic E-state index is -0.940. The van der Waals surface area contributed by atoms with Crippen molar-refractivity contribution in [3.8, 4) is 0 Å². The van der Waals surface area contributed by atoms with Crippen LogP contribution in [0.1, 0.15) is 77.3 Å². The maximum atomic E-state index is 14.1. The van der Waals surface area contributed by atoms with Crippen molar-refractivity contribution in [3.05, 3.63) is 35.4 Å². The molecule has 2 unspecified atom stereocenters. The van der Waals surface area contributed by atoms with Gasteiger partial charge in [-0.3, -0.25) is 14.5 Å². The molecule has 0 bridgehead atoms. The topological polar surface area (TPSA) is 76.2 Å². The summed E-state index contributed by atoms with van der Waals surface area (Å²) in [6.07, 6.45) is 6.12. The van der Waals surface area contributed by atoms with Gasteiger partial charge in [-0.1, -0.05) is 38.5 Å². The average Bonchev–Trinajstić information content (AvgIpc) is 3.03. The van der Waals surface area contributed by atoms with Gasteiger partial charge in [-0.05, 0) is 50.8 Å². The van der Waals surface area contributed by atoms with E-state index in [1.165, 1.54) is 16.9 Å². The maximum Gasteiger partial charge on any atom is 0.411 e. The van der Waals surface area contributed by atoms with Crippen LogP contribution < -0.4 is 0 Å². The molecular formula is C26H36F2N2O5. The number of methoxy groups -OCH3 is 1. The van der Waals surface area contributed by atoms with Gasteiger partial charge in [0.25, 0.3) is 0 Å². The van der Waals surface area contributed by atoms with E-state index in [2.05, 4.69) is 0 Å². The normalized spacial score (nSPS) is 22.1. The highest BCUT2D eigenvalue weighted by Crippen LogP contribution is 2.35. The van der Waals surface area contributed by atoms with Crippen LogP contribution in [0.25, 0.3) is 0 Å². The SMILES string of the molecule is COC(=O)CN1C(=O)C(CC2CCCCCC2)N(C(=O)OC(C)(C)C)CC1c1cc(F)cc(F)c1. The molecule has 1 aliphatic carbocycles. The Morgan fingerprint density at radius 1 is 1.03 bits per heavy atom. The minimum absolute atomic E-state index is 0.0576. The summed E-state index contributed by atoms with van der Waals surface area (Å²) < 4.78 is 38.6. The van der Waals surface area contributed by atoms with Crippen LogP contribution in [-0.4, -0.2) is 59.6 Å². The van der Waals surface area contributed by atoms with E-state index in [1.54, 1.807) is 20.8 Å².